The zero-order valence-corrected chi connectivity index (χ0v) is 16.2. The summed E-state index contributed by atoms with van der Waals surface area (Å²) in [6.07, 6.45) is 1.96. The van der Waals surface area contributed by atoms with E-state index in [9.17, 15) is 4.79 Å². The Kier molecular flexibility index (Phi) is 5.84. The number of allylic oxidation sites excluding steroid dienone is 1. The predicted octanol–water partition coefficient (Wildman–Crippen LogP) is 5.90. The average Bonchev–Trinajstić information content (AvgIpc) is 2.58. The van der Waals surface area contributed by atoms with Crippen LogP contribution in [-0.4, -0.2) is 16.8 Å². The molecule has 0 saturated heterocycles. The molecule has 0 bridgehead atoms. The van der Waals surface area contributed by atoms with E-state index in [0.717, 1.165) is 16.7 Å². The van der Waals surface area contributed by atoms with Crippen LogP contribution >= 0.6 is 0 Å². The van der Waals surface area contributed by atoms with Crippen LogP contribution in [0.15, 0.2) is 60.8 Å². The minimum Gasteiger partial charge on any atom is -0.312 e. The van der Waals surface area contributed by atoms with Crippen LogP contribution in [0, 0.1) is 0 Å². The molecule has 0 fully saturated rings. The molecule has 132 valence electrons. The number of hydrogen-bond acceptors (Lipinski definition) is 1. The van der Waals surface area contributed by atoms with Crippen LogP contribution in [0.5, 0.6) is 0 Å². The molecular formula is C23H29NO. The Morgan fingerprint density at radius 3 is 1.96 bits per heavy atom. The van der Waals surface area contributed by atoms with E-state index in [4.69, 9.17) is 0 Å². The highest BCUT2D eigenvalue weighted by molar-refractivity contribution is 5.95. The molecule has 0 radical (unpaired) electrons. The topological polar surface area (TPSA) is 20.3 Å². The molecule has 0 aliphatic carbocycles. The second kappa shape index (κ2) is 7.69. The van der Waals surface area contributed by atoms with Crippen LogP contribution in [0.2, 0.25) is 0 Å². The van der Waals surface area contributed by atoms with Crippen LogP contribution < -0.4 is 0 Å². The molecule has 2 heteroatoms. The van der Waals surface area contributed by atoms with Crippen LogP contribution in [0.4, 0.5) is 0 Å². The Morgan fingerprint density at radius 1 is 0.920 bits per heavy atom. The van der Waals surface area contributed by atoms with Crippen molar-refractivity contribution in [2.45, 2.75) is 53.0 Å². The second-order valence-corrected chi connectivity index (χ2v) is 7.81. The third-order valence-electron chi connectivity index (χ3n) is 4.35. The summed E-state index contributed by atoms with van der Waals surface area (Å²) in [5.41, 5.74) is 4.25. The van der Waals surface area contributed by atoms with Crippen molar-refractivity contribution in [3.63, 3.8) is 0 Å². The summed E-state index contributed by atoms with van der Waals surface area (Å²) in [6.45, 7) is 12.6. The molecule has 0 atom stereocenters. The average molecular weight is 335 g/mol. The molecule has 0 aliphatic rings. The zero-order chi connectivity index (χ0) is 18.6. The molecule has 1 amide bonds. The monoisotopic (exact) mass is 335 g/mol. The number of hydrogen-bond donors (Lipinski definition) is 0. The van der Waals surface area contributed by atoms with Crippen LogP contribution in [0.3, 0.4) is 0 Å². The van der Waals surface area contributed by atoms with Crippen molar-refractivity contribution in [3.05, 3.63) is 77.5 Å². The lowest BCUT2D eigenvalue weighted by molar-refractivity contribution is 0.0788. The van der Waals surface area contributed by atoms with Gasteiger partial charge in [-0.2, -0.15) is 0 Å². The Hall–Kier alpha value is -2.35. The van der Waals surface area contributed by atoms with Crippen molar-refractivity contribution < 1.29 is 4.79 Å². The molecule has 0 aromatic heterocycles. The second-order valence-electron chi connectivity index (χ2n) is 7.81. The summed E-state index contributed by atoms with van der Waals surface area (Å²) in [6, 6.07) is 18.2. The largest absolute Gasteiger partial charge is 0.312 e. The number of amides is 1. The molecule has 25 heavy (non-hydrogen) atoms. The van der Waals surface area contributed by atoms with Gasteiger partial charge in [0.1, 0.15) is 0 Å². The first-order valence-electron chi connectivity index (χ1n) is 8.87. The number of nitrogens with zero attached hydrogens (tertiary/aromatic N) is 1. The molecule has 0 unspecified atom stereocenters. The molecule has 0 N–H and O–H groups in total. The van der Waals surface area contributed by atoms with Gasteiger partial charge in [-0.3, -0.25) is 4.79 Å². The van der Waals surface area contributed by atoms with Gasteiger partial charge in [-0.25, -0.2) is 0 Å². The number of benzene rings is 2. The van der Waals surface area contributed by atoms with E-state index in [2.05, 4.69) is 45.0 Å². The summed E-state index contributed by atoms with van der Waals surface area (Å²) in [7, 11) is 0. The fourth-order valence-electron chi connectivity index (χ4n) is 2.69. The van der Waals surface area contributed by atoms with Crippen LogP contribution in [-0.2, 0) is 5.41 Å². The maximum absolute atomic E-state index is 13.0. The first kappa shape index (κ1) is 19.0. The van der Waals surface area contributed by atoms with Gasteiger partial charge in [-0.15, -0.1) is 0 Å². The van der Waals surface area contributed by atoms with Crippen molar-refractivity contribution in [2.24, 2.45) is 0 Å². The summed E-state index contributed by atoms with van der Waals surface area (Å²) in [5.74, 6) is 0.0331. The van der Waals surface area contributed by atoms with E-state index < -0.39 is 0 Å². The van der Waals surface area contributed by atoms with Crippen LogP contribution in [0.1, 0.15) is 63.0 Å². The molecular weight excluding hydrogens is 306 g/mol. The third-order valence-corrected chi connectivity index (χ3v) is 4.35. The Morgan fingerprint density at radius 2 is 1.48 bits per heavy atom. The molecule has 2 nitrogen and oxygen atoms in total. The Balaban J connectivity index is 2.30. The molecule has 0 saturated carbocycles. The summed E-state index contributed by atoms with van der Waals surface area (Å²) >= 11 is 0. The maximum Gasteiger partial charge on any atom is 0.258 e. The first-order chi connectivity index (χ1) is 11.7. The Bertz CT molecular complexity index is 734. The van der Waals surface area contributed by atoms with Gasteiger partial charge in [0.2, 0.25) is 0 Å². The van der Waals surface area contributed by atoms with Gasteiger partial charge in [0, 0.05) is 17.8 Å². The lowest BCUT2D eigenvalue weighted by Gasteiger charge is -2.25. The fourth-order valence-corrected chi connectivity index (χ4v) is 2.69. The van der Waals surface area contributed by atoms with E-state index in [1.165, 1.54) is 5.56 Å². The van der Waals surface area contributed by atoms with E-state index in [1.807, 2.05) is 62.2 Å². The Labute approximate surface area is 152 Å². The van der Waals surface area contributed by atoms with Crippen molar-refractivity contribution in [3.8, 4) is 0 Å². The number of carbonyl (C=O) groups excluding carboxylic acids is 1. The maximum atomic E-state index is 13.0. The fraction of sp³-hybridized carbons (Fsp3) is 0.348. The standard InChI is InChI=1S/C23H29NO/c1-17(2)24(16-18(3)19-10-8-7-9-11-19)22(25)20-12-14-21(15-13-20)23(4,5)6/h7-17H,1-6H3/b18-16+. The van der Waals surface area contributed by atoms with E-state index in [0.29, 0.717) is 0 Å². The lowest BCUT2D eigenvalue weighted by atomic mass is 9.86. The highest BCUT2D eigenvalue weighted by atomic mass is 16.2. The van der Waals surface area contributed by atoms with Gasteiger partial charge < -0.3 is 4.90 Å². The van der Waals surface area contributed by atoms with Gasteiger partial charge in [0.25, 0.3) is 5.91 Å². The van der Waals surface area contributed by atoms with Crippen molar-refractivity contribution in [1.82, 2.24) is 4.90 Å². The number of carbonyl (C=O) groups is 1. The van der Waals surface area contributed by atoms with Crippen LogP contribution in [0.25, 0.3) is 5.57 Å². The molecule has 2 aromatic rings. The van der Waals surface area contributed by atoms with E-state index >= 15 is 0 Å². The smallest absolute Gasteiger partial charge is 0.258 e. The van der Waals surface area contributed by atoms with Gasteiger partial charge in [-0.1, -0.05) is 63.2 Å². The molecule has 0 heterocycles. The van der Waals surface area contributed by atoms with Gasteiger partial charge in [0.15, 0.2) is 0 Å². The molecule has 0 aliphatic heterocycles. The van der Waals surface area contributed by atoms with Gasteiger partial charge in [-0.05, 0) is 55.0 Å². The zero-order valence-electron chi connectivity index (χ0n) is 16.2. The first-order valence-corrected chi connectivity index (χ1v) is 8.87. The normalized spacial score (nSPS) is 12.4. The highest BCUT2D eigenvalue weighted by Gasteiger charge is 2.19. The molecule has 2 rings (SSSR count). The summed E-state index contributed by atoms with van der Waals surface area (Å²) < 4.78 is 0. The SMILES string of the molecule is C/C(=C\N(C(=O)c1ccc(C(C)(C)C)cc1)C(C)C)c1ccccc1. The summed E-state index contributed by atoms with van der Waals surface area (Å²) in [5, 5.41) is 0. The van der Waals surface area contributed by atoms with Gasteiger partial charge in [0.05, 0.1) is 0 Å². The number of rotatable bonds is 4. The van der Waals surface area contributed by atoms with E-state index in [1.54, 1.807) is 0 Å². The van der Waals surface area contributed by atoms with Crippen molar-refractivity contribution >= 4 is 11.5 Å². The minimum atomic E-state index is 0.0331. The highest BCUT2D eigenvalue weighted by Crippen LogP contribution is 2.23. The van der Waals surface area contributed by atoms with E-state index in [-0.39, 0.29) is 17.4 Å². The third kappa shape index (κ3) is 4.82. The molecule has 2 aromatic carbocycles. The van der Waals surface area contributed by atoms with Crippen molar-refractivity contribution in [1.29, 1.82) is 0 Å². The summed E-state index contributed by atoms with van der Waals surface area (Å²) in [4.78, 5) is 14.8. The quantitative estimate of drug-likeness (QED) is 0.681. The lowest BCUT2D eigenvalue weighted by Crippen LogP contribution is -2.32. The minimum absolute atomic E-state index is 0.0331. The van der Waals surface area contributed by atoms with Crippen molar-refractivity contribution in [2.75, 3.05) is 0 Å². The molecule has 0 spiro atoms. The van der Waals surface area contributed by atoms with Gasteiger partial charge >= 0.3 is 0 Å². The predicted molar refractivity (Wildman–Crippen MR) is 107 cm³/mol.